The molecule has 86 valence electrons. The summed E-state index contributed by atoms with van der Waals surface area (Å²) in [5, 5.41) is 0. The van der Waals surface area contributed by atoms with E-state index in [1.54, 1.807) is 0 Å². The topological polar surface area (TPSA) is 57.5 Å². The van der Waals surface area contributed by atoms with Crippen LogP contribution in [0.25, 0.3) is 0 Å². The molecule has 0 amide bonds. The fourth-order valence-corrected chi connectivity index (χ4v) is 0. The summed E-state index contributed by atoms with van der Waals surface area (Å²) < 4.78 is 9.33. The van der Waals surface area contributed by atoms with Crippen LogP contribution < -0.4 is 0 Å². The van der Waals surface area contributed by atoms with Gasteiger partial charge in [-0.1, -0.05) is 0 Å². The third kappa shape index (κ3) is 31.5. The second kappa shape index (κ2) is 8.22. The van der Waals surface area contributed by atoms with E-state index in [9.17, 15) is 4.57 Å². The maximum absolute atomic E-state index is 9.33. The van der Waals surface area contributed by atoms with Crippen molar-refractivity contribution in [1.82, 2.24) is 0 Å². The van der Waals surface area contributed by atoms with E-state index in [2.05, 4.69) is 49.2 Å². The van der Waals surface area contributed by atoms with Gasteiger partial charge in [-0.3, -0.25) is 4.57 Å². The third-order valence-corrected chi connectivity index (χ3v) is 7.86. The average molecular weight is 456 g/mol. The number of rotatable bonds is 1. The molecule has 0 saturated heterocycles. The second-order valence-electron chi connectivity index (χ2n) is 3.55. The first kappa shape index (κ1) is 20.5. The van der Waals surface area contributed by atoms with Gasteiger partial charge in [-0.2, -0.15) is 0 Å². The molecule has 0 saturated carbocycles. The summed E-state index contributed by atoms with van der Waals surface area (Å²) in [6.07, 6.45) is 0. The van der Waals surface area contributed by atoms with Crippen molar-refractivity contribution in [3.05, 3.63) is 0 Å². The van der Waals surface area contributed by atoms with Crippen molar-refractivity contribution < 1.29 is 14.4 Å². The van der Waals surface area contributed by atoms with Gasteiger partial charge in [0, 0.05) is 6.66 Å². The van der Waals surface area contributed by atoms with Crippen molar-refractivity contribution in [2.24, 2.45) is 0 Å². The van der Waals surface area contributed by atoms with E-state index < -0.39 is 12.5 Å². The van der Waals surface area contributed by atoms with Gasteiger partial charge in [0.25, 0.3) is 0 Å². The first-order valence-electron chi connectivity index (χ1n) is 3.66. The Morgan fingerprint density at radius 3 is 1.38 bits per heavy atom. The molecule has 0 aromatic heterocycles. The molecule has 0 aromatic carbocycles. The zero-order valence-electron chi connectivity index (χ0n) is 8.61. The van der Waals surface area contributed by atoms with E-state index in [0.717, 1.165) is 12.3 Å². The Labute approximate surface area is 111 Å². The Morgan fingerprint density at radius 2 is 1.38 bits per heavy atom. The molecule has 0 spiro atoms. The summed E-state index contributed by atoms with van der Waals surface area (Å²) in [5.74, 6) is 0. The van der Waals surface area contributed by atoms with Crippen molar-refractivity contribution in [2.45, 2.75) is 19.5 Å². The molecule has 7 heteroatoms. The number of halogens is 2. The fraction of sp³-hybridized carbons (Fsp3) is 1.00. The van der Waals surface area contributed by atoms with Crippen LogP contribution in [0.15, 0.2) is 0 Å². The molecule has 3 nitrogen and oxygen atoms in total. The molecule has 0 aliphatic carbocycles. The van der Waals surface area contributed by atoms with Crippen molar-refractivity contribution in [1.29, 1.82) is 0 Å². The first-order valence-corrected chi connectivity index (χ1v) is 11.9. The summed E-state index contributed by atoms with van der Waals surface area (Å²) in [7, 11) is -3.64. The predicted molar refractivity (Wildman–Crippen MR) is 82.7 cm³/mol. The van der Waals surface area contributed by atoms with Crippen molar-refractivity contribution >= 4 is 58.5 Å². The second-order valence-corrected chi connectivity index (χ2v) is 17.8. The van der Waals surface area contributed by atoms with E-state index in [1.807, 2.05) is 0 Å². The minimum atomic E-state index is -3.64. The average Bonchev–Trinajstić information content (AvgIpc) is 1.55. The van der Waals surface area contributed by atoms with Crippen molar-refractivity contribution in [3.8, 4) is 0 Å². The van der Waals surface area contributed by atoms with Gasteiger partial charge >= 0.3 is 67.4 Å². The van der Waals surface area contributed by atoms with Gasteiger partial charge in [0.15, 0.2) is 0 Å². The first-order chi connectivity index (χ1) is 4.94. The van der Waals surface area contributed by atoms with Crippen LogP contribution in [0.5, 0.6) is 0 Å². The van der Waals surface area contributed by atoms with Crippen LogP contribution in [-0.4, -0.2) is 35.4 Å². The minimum absolute atomic E-state index is 0. The van der Waals surface area contributed by atoms with Crippen LogP contribution in [0.1, 0.15) is 13.8 Å². The minimum Gasteiger partial charge on any atom is -0.325 e. The molecule has 0 unspecified atom stereocenters. The fourth-order valence-electron chi connectivity index (χ4n) is 0. The molecule has 0 heterocycles. The van der Waals surface area contributed by atoms with Gasteiger partial charge in [0.2, 0.25) is 0 Å². The molecule has 0 radical (unpaired) electrons. The third-order valence-electron chi connectivity index (χ3n) is 1.37. The molecule has 0 aliphatic rings. The Balaban J connectivity index is -0.000000150. The van der Waals surface area contributed by atoms with Crippen molar-refractivity contribution in [3.63, 3.8) is 0 Å². The summed E-state index contributed by atoms with van der Waals surface area (Å²) in [6.45, 7) is 10.2. The molecule has 0 atom stereocenters. The van der Waals surface area contributed by atoms with Gasteiger partial charge in [0.05, 0.1) is 0 Å². The quantitative estimate of drug-likeness (QED) is 0.471. The number of hydrogen-bond acceptors (Lipinski definition) is 1. The summed E-state index contributed by atoms with van der Waals surface area (Å²) in [5.41, 5.74) is 0.924. The van der Waals surface area contributed by atoms with Crippen LogP contribution in [0.2, 0.25) is 0 Å². The smallest absolute Gasteiger partial charge is 0.322 e. The van der Waals surface area contributed by atoms with Gasteiger partial charge in [-0.15, -0.1) is 24.0 Å². The van der Waals surface area contributed by atoms with Gasteiger partial charge in [0.1, 0.15) is 0 Å². The van der Waals surface area contributed by atoms with Gasteiger partial charge in [-0.05, 0) is 0 Å². The van der Waals surface area contributed by atoms with Crippen LogP contribution in [-0.2, 0) is 4.57 Å². The molecule has 0 aromatic rings. The Kier molecular flexibility index (Phi) is 12.9. The van der Waals surface area contributed by atoms with Crippen molar-refractivity contribution in [2.75, 3.05) is 20.0 Å². The molecular formula is C6H20I2O3P2. The van der Waals surface area contributed by atoms with E-state index in [0.29, 0.717) is 0 Å². The zero-order valence-corrected chi connectivity index (χ0v) is 15.0. The molecule has 2 N–H and O–H groups in total. The summed E-state index contributed by atoms with van der Waals surface area (Å²) in [6, 6.07) is 0. The largest absolute Gasteiger partial charge is 0.325 e. The maximum Gasteiger partial charge on any atom is 0.322 e. The Morgan fingerprint density at radius 1 is 1.31 bits per heavy atom. The molecular weight excluding hydrogens is 436 g/mol. The van der Waals surface area contributed by atoms with Crippen LogP contribution in [0.4, 0.5) is 0 Å². The van der Waals surface area contributed by atoms with E-state index in [4.69, 9.17) is 9.79 Å². The maximum atomic E-state index is 9.33. The van der Waals surface area contributed by atoms with Crippen LogP contribution >= 0.6 is 58.5 Å². The Hall–Kier alpha value is 2.04. The molecule has 0 rings (SSSR count). The SMILES string of the molecule is CC(C)[PH](C)(C)I.CP(=O)(O)O.I. The number of hydrogen-bond donors (Lipinski definition) is 2. The van der Waals surface area contributed by atoms with E-state index >= 15 is 0 Å². The van der Waals surface area contributed by atoms with E-state index in [-0.39, 0.29) is 24.0 Å². The normalized spacial score (nSPS) is 12.7. The molecule has 0 aliphatic heterocycles. The standard InChI is InChI=1S/C5H14IP.CH5O3P.HI/c1-5(2)7(3,4)6;1-5(2,3)4;/h5,7H,1-4H3;1H3,(H2,2,3,4);1H. The molecule has 13 heavy (non-hydrogen) atoms. The predicted octanol–water partition coefficient (Wildman–Crippen LogP) is 3.17. The van der Waals surface area contributed by atoms with Gasteiger partial charge in [-0.25, -0.2) is 0 Å². The summed E-state index contributed by atoms with van der Waals surface area (Å²) in [4.78, 5) is 14.5. The van der Waals surface area contributed by atoms with Gasteiger partial charge < -0.3 is 9.79 Å². The molecule has 0 bridgehead atoms. The Bertz CT molecular complexity index is 153. The molecule has 0 fully saturated rings. The monoisotopic (exact) mass is 456 g/mol. The zero-order chi connectivity index (χ0) is 10.6. The summed E-state index contributed by atoms with van der Waals surface area (Å²) >= 11 is 2.61. The van der Waals surface area contributed by atoms with Crippen LogP contribution in [0.3, 0.4) is 0 Å². The van der Waals surface area contributed by atoms with Crippen LogP contribution in [0, 0.1) is 0 Å². The van der Waals surface area contributed by atoms with E-state index in [1.165, 1.54) is 0 Å².